The molecule has 2 aliphatic heterocycles. The van der Waals surface area contributed by atoms with Gasteiger partial charge in [0, 0.05) is 25.9 Å². The largest absolute Gasteiger partial charge is 0.415 e. The van der Waals surface area contributed by atoms with Crippen molar-refractivity contribution in [2.24, 2.45) is 0 Å². The van der Waals surface area contributed by atoms with Gasteiger partial charge in [-0.15, -0.1) is 0 Å². The molecule has 8 heteroatoms. The number of benzene rings is 1. The fourth-order valence-electron chi connectivity index (χ4n) is 3.14. The normalized spacial score (nSPS) is 23.5. The van der Waals surface area contributed by atoms with Gasteiger partial charge >= 0.3 is 6.09 Å². The summed E-state index contributed by atoms with van der Waals surface area (Å²) in [5.74, 6) is -3.67. The van der Waals surface area contributed by atoms with Gasteiger partial charge < -0.3 is 9.64 Å². The van der Waals surface area contributed by atoms with Crippen LogP contribution in [0.5, 0.6) is 5.75 Å². The van der Waals surface area contributed by atoms with Crippen molar-refractivity contribution in [3.63, 3.8) is 0 Å². The fraction of sp³-hybridized carbons (Fsp3) is 0.500. The lowest BCUT2D eigenvalue weighted by atomic mass is 10.0. The second kappa shape index (κ2) is 6.33. The van der Waals surface area contributed by atoms with E-state index in [9.17, 15) is 22.8 Å². The summed E-state index contributed by atoms with van der Waals surface area (Å²) in [5.41, 5.74) is 0. The van der Waals surface area contributed by atoms with E-state index in [2.05, 4.69) is 0 Å². The van der Waals surface area contributed by atoms with Crippen molar-refractivity contribution >= 4 is 12.0 Å². The van der Waals surface area contributed by atoms with Gasteiger partial charge in [-0.05, 0) is 30.7 Å². The summed E-state index contributed by atoms with van der Waals surface area (Å²) in [5, 5.41) is 0. The van der Waals surface area contributed by atoms with E-state index in [4.69, 9.17) is 4.74 Å². The van der Waals surface area contributed by atoms with Crippen LogP contribution in [0.3, 0.4) is 0 Å². The van der Waals surface area contributed by atoms with Gasteiger partial charge in [0.15, 0.2) is 0 Å². The Hall–Kier alpha value is -2.25. The standard InChI is InChI=1S/C16H17F3N2O3/c17-11-3-5-13(6-4-11)24-15(23)20-9-12(8-16(18,19)10-20)21-7-1-2-14(21)22/h3-6,12H,1-2,7-10H2/t12-/m1/s1. The molecular weight excluding hydrogens is 325 g/mol. The first kappa shape index (κ1) is 16.6. The zero-order valence-electron chi connectivity index (χ0n) is 12.9. The molecule has 0 aliphatic carbocycles. The third-order valence-corrected chi connectivity index (χ3v) is 4.22. The van der Waals surface area contributed by atoms with Crippen LogP contribution < -0.4 is 4.74 Å². The van der Waals surface area contributed by atoms with Crippen molar-refractivity contribution in [1.82, 2.24) is 9.80 Å². The summed E-state index contributed by atoms with van der Waals surface area (Å²) in [6, 6.07) is 4.00. The van der Waals surface area contributed by atoms with Gasteiger partial charge in [0.1, 0.15) is 11.6 Å². The van der Waals surface area contributed by atoms with Crippen molar-refractivity contribution in [2.45, 2.75) is 31.2 Å². The zero-order chi connectivity index (χ0) is 17.3. The van der Waals surface area contributed by atoms with E-state index in [1.807, 2.05) is 0 Å². The summed E-state index contributed by atoms with van der Waals surface area (Å²) >= 11 is 0. The number of carbonyl (C=O) groups is 2. The monoisotopic (exact) mass is 342 g/mol. The number of rotatable bonds is 2. The molecule has 1 atom stereocenters. The van der Waals surface area contributed by atoms with Gasteiger partial charge in [0.2, 0.25) is 5.91 Å². The molecule has 0 N–H and O–H groups in total. The summed E-state index contributed by atoms with van der Waals surface area (Å²) in [7, 11) is 0. The number of hydrogen-bond acceptors (Lipinski definition) is 3. The van der Waals surface area contributed by atoms with Crippen LogP contribution in [0.15, 0.2) is 24.3 Å². The number of nitrogens with zero attached hydrogens (tertiary/aromatic N) is 2. The Balaban J connectivity index is 1.70. The molecule has 0 unspecified atom stereocenters. The van der Waals surface area contributed by atoms with Crippen molar-refractivity contribution in [1.29, 1.82) is 0 Å². The Kier molecular flexibility index (Phi) is 4.38. The minimum Gasteiger partial charge on any atom is -0.410 e. The van der Waals surface area contributed by atoms with Gasteiger partial charge in [-0.25, -0.2) is 18.0 Å². The SMILES string of the molecule is O=C(Oc1ccc(F)cc1)N1C[C@H](N2CCCC2=O)CC(F)(F)C1. The number of halogens is 3. The van der Waals surface area contributed by atoms with E-state index in [1.165, 1.54) is 17.0 Å². The first-order valence-electron chi connectivity index (χ1n) is 7.74. The van der Waals surface area contributed by atoms with Crippen molar-refractivity contribution in [2.75, 3.05) is 19.6 Å². The minimum absolute atomic E-state index is 0.00135. The predicted octanol–water partition coefficient (Wildman–Crippen LogP) is 2.66. The van der Waals surface area contributed by atoms with E-state index >= 15 is 0 Å². The molecule has 0 bridgehead atoms. The summed E-state index contributed by atoms with van der Waals surface area (Å²) in [4.78, 5) is 26.3. The Morgan fingerprint density at radius 3 is 2.58 bits per heavy atom. The molecule has 0 spiro atoms. The number of ether oxygens (including phenoxy) is 1. The maximum absolute atomic E-state index is 14.0. The zero-order valence-corrected chi connectivity index (χ0v) is 12.9. The lowest BCUT2D eigenvalue weighted by molar-refractivity contribution is -0.135. The molecule has 0 radical (unpaired) electrons. The maximum Gasteiger partial charge on any atom is 0.415 e. The molecule has 5 nitrogen and oxygen atoms in total. The van der Waals surface area contributed by atoms with Crippen molar-refractivity contribution < 1.29 is 27.5 Å². The van der Waals surface area contributed by atoms with Crippen LogP contribution in [0.25, 0.3) is 0 Å². The second-order valence-corrected chi connectivity index (χ2v) is 6.11. The molecule has 2 fully saturated rings. The molecule has 130 valence electrons. The maximum atomic E-state index is 14.0. The third-order valence-electron chi connectivity index (χ3n) is 4.22. The van der Waals surface area contributed by atoms with Gasteiger partial charge in [-0.2, -0.15) is 0 Å². The first-order valence-corrected chi connectivity index (χ1v) is 7.74. The molecule has 2 amide bonds. The highest BCUT2D eigenvalue weighted by Crippen LogP contribution is 2.31. The molecule has 3 rings (SSSR count). The summed E-state index contributed by atoms with van der Waals surface area (Å²) in [6.45, 7) is -0.326. The molecular formula is C16H17F3N2O3. The Morgan fingerprint density at radius 2 is 1.96 bits per heavy atom. The summed E-state index contributed by atoms with van der Waals surface area (Å²) in [6.07, 6.45) is -0.403. The van der Waals surface area contributed by atoms with E-state index in [0.29, 0.717) is 19.4 Å². The van der Waals surface area contributed by atoms with Crippen LogP contribution in [0.2, 0.25) is 0 Å². The molecule has 2 heterocycles. The number of carbonyl (C=O) groups excluding carboxylic acids is 2. The number of amides is 2. The van der Waals surface area contributed by atoms with Gasteiger partial charge in [-0.1, -0.05) is 0 Å². The lowest BCUT2D eigenvalue weighted by Crippen LogP contribution is -2.57. The topological polar surface area (TPSA) is 49.9 Å². The Labute approximate surface area is 137 Å². The average molecular weight is 342 g/mol. The highest BCUT2D eigenvalue weighted by molar-refractivity contribution is 5.78. The molecule has 2 saturated heterocycles. The van der Waals surface area contributed by atoms with Gasteiger partial charge in [0.05, 0.1) is 12.6 Å². The number of likely N-dealkylation sites (tertiary alicyclic amines) is 2. The number of piperidine rings is 1. The van der Waals surface area contributed by atoms with E-state index < -0.39 is 36.8 Å². The number of hydrogen-bond donors (Lipinski definition) is 0. The average Bonchev–Trinajstić information content (AvgIpc) is 2.94. The molecule has 24 heavy (non-hydrogen) atoms. The smallest absolute Gasteiger partial charge is 0.410 e. The van der Waals surface area contributed by atoms with E-state index in [-0.39, 0.29) is 18.2 Å². The second-order valence-electron chi connectivity index (χ2n) is 6.11. The third kappa shape index (κ3) is 3.63. The lowest BCUT2D eigenvalue weighted by Gasteiger charge is -2.40. The molecule has 0 aromatic heterocycles. The van der Waals surface area contributed by atoms with Crippen LogP contribution in [-0.2, 0) is 4.79 Å². The first-order chi connectivity index (χ1) is 11.3. The Bertz CT molecular complexity index is 636. The highest BCUT2D eigenvalue weighted by atomic mass is 19.3. The molecule has 2 aliphatic rings. The predicted molar refractivity (Wildman–Crippen MR) is 78.3 cm³/mol. The van der Waals surface area contributed by atoms with Crippen molar-refractivity contribution in [3.05, 3.63) is 30.1 Å². The van der Waals surface area contributed by atoms with Gasteiger partial charge in [0.25, 0.3) is 5.92 Å². The summed E-state index contributed by atoms with van der Waals surface area (Å²) < 4.78 is 45.9. The van der Waals surface area contributed by atoms with Crippen LogP contribution in [0.1, 0.15) is 19.3 Å². The van der Waals surface area contributed by atoms with Crippen LogP contribution in [0, 0.1) is 5.82 Å². The van der Waals surface area contributed by atoms with Crippen LogP contribution in [0.4, 0.5) is 18.0 Å². The Morgan fingerprint density at radius 1 is 1.25 bits per heavy atom. The highest BCUT2D eigenvalue weighted by Gasteiger charge is 2.46. The quantitative estimate of drug-likeness (QED) is 0.830. The van der Waals surface area contributed by atoms with Gasteiger partial charge in [-0.3, -0.25) is 9.69 Å². The van der Waals surface area contributed by atoms with E-state index in [1.54, 1.807) is 0 Å². The molecule has 1 aromatic rings. The number of alkyl halides is 2. The van der Waals surface area contributed by atoms with E-state index in [0.717, 1.165) is 17.0 Å². The van der Waals surface area contributed by atoms with Crippen molar-refractivity contribution in [3.8, 4) is 5.75 Å². The van der Waals surface area contributed by atoms with Crippen LogP contribution in [-0.4, -0.2) is 53.4 Å². The minimum atomic E-state index is -3.09. The molecule has 1 aromatic carbocycles. The molecule has 0 saturated carbocycles. The fourth-order valence-corrected chi connectivity index (χ4v) is 3.14. The van der Waals surface area contributed by atoms with Crippen LogP contribution >= 0.6 is 0 Å².